The second kappa shape index (κ2) is 7.93. The number of carbonyl (C=O) groups is 1. The largest absolute Gasteiger partial charge is 0.490 e. The molecule has 2 aromatic rings. The van der Waals surface area contributed by atoms with Crippen molar-refractivity contribution in [3.63, 3.8) is 0 Å². The smallest absolute Gasteiger partial charge is 0.225 e. The molecule has 2 aliphatic rings. The molecule has 1 aromatic carbocycles. The Labute approximate surface area is 161 Å². The molecule has 146 valence electrons. The van der Waals surface area contributed by atoms with E-state index < -0.39 is 0 Å². The summed E-state index contributed by atoms with van der Waals surface area (Å²) in [6.45, 7) is 3.11. The van der Waals surface area contributed by atoms with Crippen LogP contribution in [0.1, 0.15) is 43.4 Å². The molecule has 1 aromatic heterocycles. The summed E-state index contributed by atoms with van der Waals surface area (Å²) in [7, 11) is 4.10. The highest BCUT2D eigenvalue weighted by molar-refractivity contribution is 5.90. The Morgan fingerprint density at radius 1 is 1.26 bits per heavy atom. The van der Waals surface area contributed by atoms with Crippen molar-refractivity contribution in [2.45, 2.75) is 45.1 Å². The molecule has 0 unspecified atom stereocenters. The minimum absolute atomic E-state index is 0.246. The van der Waals surface area contributed by atoms with E-state index in [0.29, 0.717) is 12.5 Å². The first-order chi connectivity index (χ1) is 13.1. The topological polar surface area (TPSA) is 48.6 Å². The van der Waals surface area contributed by atoms with Crippen molar-refractivity contribution in [3.05, 3.63) is 29.5 Å². The lowest BCUT2D eigenvalue weighted by molar-refractivity contribution is -0.137. The highest BCUT2D eigenvalue weighted by atomic mass is 16.5. The Kier molecular flexibility index (Phi) is 5.39. The third kappa shape index (κ3) is 3.84. The van der Waals surface area contributed by atoms with Crippen LogP contribution in [0.5, 0.6) is 5.75 Å². The van der Waals surface area contributed by atoms with Gasteiger partial charge in [-0.05, 0) is 33.0 Å². The molecular formula is C22H31N3O2. The first-order valence-corrected chi connectivity index (χ1v) is 10.3. The summed E-state index contributed by atoms with van der Waals surface area (Å²) in [6.07, 6.45) is 6.74. The maximum atomic E-state index is 13.0. The van der Waals surface area contributed by atoms with E-state index in [1.165, 1.54) is 35.9 Å². The molecule has 0 saturated heterocycles. The molecular weight excluding hydrogens is 338 g/mol. The van der Waals surface area contributed by atoms with Crippen LogP contribution in [0.15, 0.2) is 18.2 Å². The molecule has 2 heterocycles. The van der Waals surface area contributed by atoms with Crippen LogP contribution in [-0.4, -0.2) is 54.5 Å². The van der Waals surface area contributed by atoms with Crippen molar-refractivity contribution in [2.75, 3.05) is 33.8 Å². The van der Waals surface area contributed by atoms with Gasteiger partial charge in [-0.3, -0.25) is 4.79 Å². The van der Waals surface area contributed by atoms with Gasteiger partial charge in [0, 0.05) is 48.6 Å². The number of fused-ring (bicyclic) bond motifs is 3. The maximum absolute atomic E-state index is 13.0. The van der Waals surface area contributed by atoms with Crippen molar-refractivity contribution in [2.24, 2.45) is 5.92 Å². The average molecular weight is 370 g/mol. The van der Waals surface area contributed by atoms with E-state index >= 15 is 0 Å². The van der Waals surface area contributed by atoms with Crippen LogP contribution in [0.4, 0.5) is 0 Å². The number of ether oxygens (including phenoxy) is 1. The number of rotatable bonds is 5. The van der Waals surface area contributed by atoms with Gasteiger partial charge in [-0.1, -0.05) is 31.4 Å². The number of nitrogens with zero attached hydrogens (tertiary/aromatic N) is 2. The molecule has 1 aliphatic heterocycles. The highest BCUT2D eigenvalue weighted by Gasteiger charge is 2.30. The predicted octanol–water partition coefficient (Wildman–Crippen LogP) is 3.57. The second-order valence-corrected chi connectivity index (χ2v) is 8.26. The Morgan fingerprint density at radius 2 is 2.07 bits per heavy atom. The summed E-state index contributed by atoms with van der Waals surface area (Å²) in [6, 6.07) is 6.24. The number of aromatic nitrogens is 1. The number of nitrogens with one attached hydrogen (secondary N) is 1. The van der Waals surface area contributed by atoms with Gasteiger partial charge >= 0.3 is 0 Å². The molecule has 1 N–H and O–H groups in total. The average Bonchev–Trinajstić information content (AvgIpc) is 3.06. The van der Waals surface area contributed by atoms with E-state index in [9.17, 15) is 4.79 Å². The van der Waals surface area contributed by atoms with Crippen LogP contribution in [0, 0.1) is 5.92 Å². The fraction of sp³-hybridized carbons (Fsp3) is 0.591. The predicted molar refractivity (Wildman–Crippen MR) is 108 cm³/mol. The van der Waals surface area contributed by atoms with E-state index in [1.54, 1.807) is 0 Å². The fourth-order valence-corrected chi connectivity index (χ4v) is 4.47. The molecule has 4 rings (SSSR count). The van der Waals surface area contributed by atoms with Gasteiger partial charge in [-0.2, -0.15) is 0 Å². The van der Waals surface area contributed by atoms with Gasteiger partial charge in [0.1, 0.15) is 12.4 Å². The standard InChI is InChI=1S/C22H31N3O2/c1-24(2)13-14-27-20-10-6-9-17-18-15-25(12-11-19(18)23-21(17)20)22(26)16-7-4-3-5-8-16/h6,9-10,16,23H,3-5,7-8,11-15H2,1-2H3. The molecule has 1 amide bonds. The van der Waals surface area contributed by atoms with Crippen molar-refractivity contribution >= 4 is 16.8 Å². The van der Waals surface area contributed by atoms with Gasteiger partial charge in [0.15, 0.2) is 0 Å². The zero-order valence-corrected chi connectivity index (χ0v) is 16.6. The zero-order chi connectivity index (χ0) is 18.8. The Morgan fingerprint density at radius 3 is 2.85 bits per heavy atom. The quantitative estimate of drug-likeness (QED) is 0.876. The van der Waals surface area contributed by atoms with Crippen LogP contribution in [0.3, 0.4) is 0 Å². The molecule has 0 bridgehead atoms. The number of benzene rings is 1. The van der Waals surface area contributed by atoms with E-state index in [0.717, 1.165) is 50.2 Å². The summed E-state index contributed by atoms with van der Waals surface area (Å²) in [4.78, 5) is 20.8. The van der Waals surface area contributed by atoms with Crippen molar-refractivity contribution in [3.8, 4) is 5.75 Å². The van der Waals surface area contributed by atoms with E-state index in [4.69, 9.17) is 4.74 Å². The summed E-state index contributed by atoms with van der Waals surface area (Å²) in [5, 5.41) is 1.20. The molecule has 1 saturated carbocycles. The Hall–Kier alpha value is -2.01. The number of likely N-dealkylation sites (N-methyl/N-ethyl adjacent to an activating group) is 1. The molecule has 1 aliphatic carbocycles. The lowest BCUT2D eigenvalue weighted by atomic mass is 9.87. The van der Waals surface area contributed by atoms with Gasteiger partial charge < -0.3 is 19.5 Å². The van der Waals surface area contributed by atoms with E-state index in [-0.39, 0.29) is 5.92 Å². The normalized spacial score (nSPS) is 18.1. The molecule has 5 nitrogen and oxygen atoms in total. The van der Waals surface area contributed by atoms with Crippen molar-refractivity contribution in [1.82, 2.24) is 14.8 Å². The number of H-pyrrole nitrogens is 1. The summed E-state index contributed by atoms with van der Waals surface area (Å²) in [5.41, 5.74) is 3.62. The van der Waals surface area contributed by atoms with Gasteiger partial charge in [0.2, 0.25) is 5.91 Å². The Balaban J connectivity index is 1.53. The lowest BCUT2D eigenvalue weighted by Gasteiger charge is -2.32. The lowest BCUT2D eigenvalue weighted by Crippen LogP contribution is -2.40. The van der Waals surface area contributed by atoms with Crippen LogP contribution in [-0.2, 0) is 17.8 Å². The number of para-hydroxylation sites is 1. The summed E-state index contributed by atoms with van der Waals surface area (Å²) >= 11 is 0. The number of hydrogen-bond donors (Lipinski definition) is 1. The van der Waals surface area contributed by atoms with E-state index in [2.05, 4.69) is 41.0 Å². The molecule has 0 radical (unpaired) electrons. The van der Waals surface area contributed by atoms with Gasteiger partial charge in [0.25, 0.3) is 0 Å². The number of aromatic amines is 1. The fourth-order valence-electron chi connectivity index (χ4n) is 4.47. The van der Waals surface area contributed by atoms with Crippen LogP contribution in [0.25, 0.3) is 10.9 Å². The van der Waals surface area contributed by atoms with Crippen molar-refractivity contribution in [1.29, 1.82) is 0 Å². The summed E-state index contributed by atoms with van der Waals surface area (Å²) in [5.74, 6) is 1.53. The minimum atomic E-state index is 0.246. The summed E-state index contributed by atoms with van der Waals surface area (Å²) < 4.78 is 6.02. The van der Waals surface area contributed by atoms with Crippen LogP contribution < -0.4 is 4.74 Å². The maximum Gasteiger partial charge on any atom is 0.225 e. The molecule has 0 spiro atoms. The molecule has 1 fully saturated rings. The van der Waals surface area contributed by atoms with E-state index in [1.807, 2.05) is 6.07 Å². The number of carbonyl (C=O) groups excluding carboxylic acids is 1. The molecule has 27 heavy (non-hydrogen) atoms. The van der Waals surface area contributed by atoms with Crippen LogP contribution >= 0.6 is 0 Å². The SMILES string of the molecule is CN(C)CCOc1cccc2c3c([nH]c12)CCN(C(=O)C1CCCCC1)C3. The van der Waals surface area contributed by atoms with Gasteiger partial charge in [-0.15, -0.1) is 0 Å². The number of hydrogen-bond acceptors (Lipinski definition) is 3. The third-order valence-electron chi connectivity index (χ3n) is 6.03. The van der Waals surface area contributed by atoms with Gasteiger partial charge in [0.05, 0.1) is 5.52 Å². The minimum Gasteiger partial charge on any atom is -0.490 e. The highest BCUT2D eigenvalue weighted by Crippen LogP contribution is 2.34. The first-order valence-electron chi connectivity index (χ1n) is 10.3. The monoisotopic (exact) mass is 369 g/mol. The third-order valence-corrected chi connectivity index (χ3v) is 6.03. The Bertz CT molecular complexity index is 805. The number of amides is 1. The van der Waals surface area contributed by atoms with Gasteiger partial charge in [-0.25, -0.2) is 0 Å². The zero-order valence-electron chi connectivity index (χ0n) is 16.6. The van der Waals surface area contributed by atoms with Crippen molar-refractivity contribution < 1.29 is 9.53 Å². The van der Waals surface area contributed by atoms with Crippen LogP contribution in [0.2, 0.25) is 0 Å². The second-order valence-electron chi connectivity index (χ2n) is 8.26. The molecule has 0 atom stereocenters. The first kappa shape index (κ1) is 18.4. The molecule has 5 heteroatoms.